The van der Waals surface area contributed by atoms with Gasteiger partial charge in [0.2, 0.25) is 5.82 Å². The molecule has 0 unspecified atom stereocenters. The summed E-state index contributed by atoms with van der Waals surface area (Å²) >= 11 is 0. The van der Waals surface area contributed by atoms with Crippen LogP contribution in [0.3, 0.4) is 0 Å². The van der Waals surface area contributed by atoms with Crippen LogP contribution in [0.1, 0.15) is 21.5 Å². The first-order valence-electron chi connectivity index (χ1n) is 6.28. The van der Waals surface area contributed by atoms with Crippen molar-refractivity contribution in [2.45, 2.75) is 13.8 Å². The van der Waals surface area contributed by atoms with E-state index in [9.17, 15) is 9.90 Å². The fourth-order valence-corrected chi connectivity index (χ4v) is 2.20. The van der Waals surface area contributed by atoms with Gasteiger partial charge in [-0.2, -0.15) is 4.98 Å². The monoisotopic (exact) mass is 284 g/mol. The first-order chi connectivity index (χ1) is 10.1. The second kappa shape index (κ2) is 4.90. The van der Waals surface area contributed by atoms with E-state index in [-0.39, 0.29) is 11.5 Å². The van der Waals surface area contributed by atoms with Crippen molar-refractivity contribution in [3.63, 3.8) is 0 Å². The predicted octanol–water partition coefficient (Wildman–Crippen LogP) is 3.31. The van der Waals surface area contributed by atoms with Crippen molar-refractivity contribution in [1.29, 1.82) is 0 Å². The zero-order valence-electron chi connectivity index (χ0n) is 11.5. The summed E-state index contributed by atoms with van der Waals surface area (Å²) in [6, 6.07) is 5.30. The third kappa shape index (κ3) is 2.20. The van der Waals surface area contributed by atoms with Crippen LogP contribution in [0.25, 0.3) is 22.8 Å². The van der Waals surface area contributed by atoms with Crippen LogP contribution in [0.15, 0.2) is 39.7 Å². The Morgan fingerprint density at radius 1 is 1.19 bits per heavy atom. The molecule has 0 spiro atoms. The summed E-state index contributed by atoms with van der Waals surface area (Å²) in [4.78, 5) is 15.8. The first kappa shape index (κ1) is 13.1. The van der Waals surface area contributed by atoms with Gasteiger partial charge in [-0.3, -0.25) is 0 Å². The largest absolute Gasteiger partial charge is 0.478 e. The van der Waals surface area contributed by atoms with Gasteiger partial charge in [-0.05, 0) is 31.0 Å². The summed E-state index contributed by atoms with van der Waals surface area (Å²) < 4.78 is 10.2. The van der Waals surface area contributed by atoms with Crippen LogP contribution in [0, 0.1) is 13.8 Å². The number of hydrogen-bond donors (Lipinski definition) is 1. The maximum atomic E-state index is 11.5. The Morgan fingerprint density at radius 2 is 1.95 bits per heavy atom. The van der Waals surface area contributed by atoms with Gasteiger partial charge in [0.25, 0.3) is 5.89 Å². The normalized spacial score (nSPS) is 10.8. The van der Waals surface area contributed by atoms with Crippen LogP contribution in [0.5, 0.6) is 0 Å². The highest BCUT2D eigenvalue weighted by Gasteiger charge is 2.22. The topological polar surface area (TPSA) is 89.4 Å². The van der Waals surface area contributed by atoms with E-state index >= 15 is 0 Å². The third-order valence-corrected chi connectivity index (χ3v) is 3.26. The van der Waals surface area contributed by atoms with E-state index in [1.54, 1.807) is 19.1 Å². The van der Waals surface area contributed by atoms with Gasteiger partial charge in [0.15, 0.2) is 0 Å². The van der Waals surface area contributed by atoms with Crippen LogP contribution >= 0.6 is 0 Å². The maximum absolute atomic E-state index is 11.5. The molecule has 0 bridgehead atoms. The second-order valence-corrected chi connectivity index (χ2v) is 4.69. The van der Waals surface area contributed by atoms with Crippen molar-refractivity contribution >= 4 is 5.97 Å². The Morgan fingerprint density at radius 3 is 2.62 bits per heavy atom. The van der Waals surface area contributed by atoms with E-state index in [2.05, 4.69) is 10.1 Å². The summed E-state index contributed by atoms with van der Waals surface area (Å²) in [5, 5.41) is 13.3. The number of benzene rings is 1. The zero-order chi connectivity index (χ0) is 15.0. The lowest BCUT2D eigenvalue weighted by atomic mass is 9.97. The molecule has 2 aromatic heterocycles. The number of carboxylic acids is 1. The van der Waals surface area contributed by atoms with Gasteiger partial charge in [-0.15, -0.1) is 0 Å². The van der Waals surface area contributed by atoms with Crippen molar-refractivity contribution < 1.29 is 18.8 Å². The van der Waals surface area contributed by atoms with Gasteiger partial charge in [0.1, 0.15) is 6.26 Å². The molecule has 6 nitrogen and oxygen atoms in total. The molecule has 0 amide bonds. The van der Waals surface area contributed by atoms with Gasteiger partial charge in [-0.25, -0.2) is 4.79 Å². The standard InChI is InChI=1S/C15H12N2O4/c1-8-3-4-9(2)12(15(18)19)11(8)14-16-13(17-21-14)10-5-6-20-7-10/h3-7H,1-2H3,(H,18,19). The lowest BCUT2D eigenvalue weighted by Gasteiger charge is -2.08. The Bertz CT molecular complexity index is 803. The van der Waals surface area contributed by atoms with E-state index in [0.29, 0.717) is 22.5 Å². The van der Waals surface area contributed by atoms with Crippen LogP contribution in [0.2, 0.25) is 0 Å². The number of aryl methyl sites for hydroxylation is 2. The van der Waals surface area contributed by atoms with E-state index in [1.807, 2.05) is 13.0 Å². The van der Waals surface area contributed by atoms with Crippen molar-refractivity contribution in [2.75, 3.05) is 0 Å². The van der Waals surface area contributed by atoms with Crippen molar-refractivity contribution in [3.8, 4) is 22.8 Å². The van der Waals surface area contributed by atoms with E-state index in [0.717, 1.165) is 5.56 Å². The fraction of sp³-hybridized carbons (Fsp3) is 0.133. The quantitative estimate of drug-likeness (QED) is 0.793. The number of furan rings is 1. The lowest BCUT2D eigenvalue weighted by molar-refractivity contribution is 0.0696. The minimum Gasteiger partial charge on any atom is -0.478 e. The van der Waals surface area contributed by atoms with Gasteiger partial charge in [-0.1, -0.05) is 17.3 Å². The van der Waals surface area contributed by atoms with Crippen LogP contribution < -0.4 is 0 Å². The predicted molar refractivity (Wildman–Crippen MR) is 73.9 cm³/mol. The minimum absolute atomic E-state index is 0.178. The van der Waals surface area contributed by atoms with E-state index in [1.165, 1.54) is 12.5 Å². The number of hydrogen-bond acceptors (Lipinski definition) is 5. The summed E-state index contributed by atoms with van der Waals surface area (Å²) in [6.07, 6.45) is 3.00. The molecule has 0 aliphatic carbocycles. The fourth-order valence-electron chi connectivity index (χ4n) is 2.20. The van der Waals surface area contributed by atoms with E-state index in [4.69, 9.17) is 8.94 Å². The summed E-state index contributed by atoms with van der Waals surface area (Å²) in [6.45, 7) is 3.54. The Balaban J connectivity index is 2.17. The molecule has 0 radical (unpaired) electrons. The average molecular weight is 284 g/mol. The molecule has 1 N–H and O–H groups in total. The van der Waals surface area contributed by atoms with Crippen LogP contribution in [-0.2, 0) is 0 Å². The molecule has 0 aliphatic heterocycles. The summed E-state index contributed by atoms with van der Waals surface area (Å²) in [5.41, 5.74) is 2.71. The average Bonchev–Trinajstić information content (AvgIpc) is 3.10. The molecule has 1 aromatic carbocycles. The van der Waals surface area contributed by atoms with Gasteiger partial charge < -0.3 is 14.0 Å². The SMILES string of the molecule is Cc1ccc(C)c(-c2nc(-c3ccoc3)no2)c1C(=O)O. The number of aromatic carboxylic acids is 1. The van der Waals surface area contributed by atoms with Crippen molar-refractivity contribution in [1.82, 2.24) is 10.1 Å². The molecule has 0 saturated carbocycles. The molecular weight excluding hydrogens is 272 g/mol. The lowest BCUT2D eigenvalue weighted by Crippen LogP contribution is -2.04. The minimum atomic E-state index is -1.02. The molecular formula is C15H12N2O4. The highest BCUT2D eigenvalue weighted by Crippen LogP contribution is 2.30. The number of carboxylic acid groups (broad SMARTS) is 1. The molecule has 0 atom stereocenters. The van der Waals surface area contributed by atoms with Gasteiger partial charge in [0.05, 0.1) is 23.0 Å². The highest BCUT2D eigenvalue weighted by molar-refractivity contribution is 5.97. The first-order valence-corrected chi connectivity index (χ1v) is 6.28. The molecule has 0 saturated heterocycles. The molecule has 6 heteroatoms. The molecule has 0 aliphatic rings. The Kier molecular flexibility index (Phi) is 3.06. The van der Waals surface area contributed by atoms with Gasteiger partial charge in [0, 0.05) is 0 Å². The molecule has 21 heavy (non-hydrogen) atoms. The number of rotatable bonds is 3. The Labute approximate surface area is 120 Å². The zero-order valence-corrected chi connectivity index (χ0v) is 11.5. The number of nitrogens with zero attached hydrogens (tertiary/aromatic N) is 2. The molecule has 3 aromatic rings. The summed E-state index contributed by atoms with van der Waals surface area (Å²) in [7, 11) is 0. The second-order valence-electron chi connectivity index (χ2n) is 4.69. The Hall–Kier alpha value is -2.89. The molecule has 3 rings (SSSR count). The summed E-state index contributed by atoms with van der Waals surface area (Å²) in [5.74, 6) is -0.477. The number of aromatic nitrogens is 2. The third-order valence-electron chi connectivity index (χ3n) is 3.26. The molecule has 106 valence electrons. The van der Waals surface area contributed by atoms with Crippen molar-refractivity contribution in [2.24, 2.45) is 0 Å². The number of carbonyl (C=O) groups is 1. The van der Waals surface area contributed by atoms with Crippen LogP contribution in [0.4, 0.5) is 0 Å². The van der Waals surface area contributed by atoms with E-state index < -0.39 is 5.97 Å². The van der Waals surface area contributed by atoms with Crippen LogP contribution in [-0.4, -0.2) is 21.2 Å². The maximum Gasteiger partial charge on any atom is 0.336 e. The highest BCUT2D eigenvalue weighted by atomic mass is 16.5. The molecule has 0 fully saturated rings. The molecule has 2 heterocycles. The van der Waals surface area contributed by atoms with Gasteiger partial charge >= 0.3 is 5.97 Å². The smallest absolute Gasteiger partial charge is 0.336 e. The van der Waals surface area contributed by atoms with Crippen molar-refractivity contribution in [3.05, 3.63) is 47.4 Å².